The summed E-state index contributed by atoms with van der Waals surface area (Å²) < 4.78 is 31.7. The van der Waals surface area contributed by atoms with Gasteiger partial charge in [-0.25, -0.2) is 4.79 Å². The van der Waals surface area contributed by atoms with Crippen LogP contribution in [0.25, 0.3) is 0 Å². The lowest BCUT2D eigenvalue weighted by Gasteiger charge is -2.34. The van der Waals surface area contributed by atoms with E-state index >= 15 is 0 Å². The average Bonchev–Trinajstić information content (AvgIpc) is 2.68. The van der Waals surface area contributed by atoms with E-state index in [4.69, 9.17) is 9.90 Å². The molecule has 1 aromatic rings. The molecule has 2 aliphatic heterocycles. The maximum atomic E-state index is 12.0. The molecular weight excluding hydrogens is 391 g/mol. The highest BCUT2D eigenvalue weighted by molar-refractivity contribution is 6.01. The van der Waals surface area contributed by atoms with E-state index in [-0.39, 0.29) is 17.7 Å². The Hall–Kier alpha value is -2.62. The number of carboxylic acids is 1. The first-order valence-corrected chi connectivity index (χ1v) is 9.27. The third-order valence-corrected chi connectivity index (χ3v) is 5.02. The Labute approximate surface area is 166 Å². The van der Waals surface area contributed by atoms with Gasteiger partial charge in [0.25, 0.3) is 0 Å². The Morgan fingerprint density at radius 1 is 1.21 bits per heavy atom. The minimum absolute atomic E-state index is 0.161. The summed E-state index contributed by atoms with van der Waals surface area (Å²) in [5, 5.41) is 12.9. The summed E-state index contributed by atoms with van der Waals surface area (Å²) in [6.45, 7) is 2.06. The standard InChI is InChI=1S/C17H23N3O2.C2HF3O2/c1-18-13-7-9-20(10-8-13)14-4-2-3-12(11-14)15-5-6-16(21)19-17(15)22;3-2(4,5)1(6)7/h2-4,11,13,15,18H,5-10H2,1H3,(H,19,21,22);(H,6,7). The number of nitrogens with one attached hydrogen (secondary N) is 2. The maximum Gasteiger partial charge on any atom is 0.490 e. The monoisotopic (exact) mass is 415 g/mol. The van der Waals surface area contributed by atoms with Gasteiger partial charge in [0.05, 0.1) is 5.92 Å². The number of hydrogen-bond acceptors (Lipinski definition) is 5. The molecular formula is C19H24F3N3O4. The lowest BCUT2D eigenvalue weighted by molar-refractivity contribution is -0.192. The number of carbonyl (C=O) groups excluding carboxylic acids is 2. The quantitative estimate of drug-likeness (QED) is 0.654. The van der Waals surface area contributed by atoms with Crippen LogP contribution in [-0.4, -0.2) is 55.2 Å². The van der Waals surface area contributed by atoms with Gasteiger partial charge in [0, 0.05) is 31.2 Å². The number of carbonyl (C=O) groups is 3. The summed E-state index contributed by atoms with van der Waals surface area (Å²) in [4.78, 5) is 34.6. The number of imide groups is 1. The molecule has 10 heteroatoms. The SMILES string of the molecule is CNC1CCN(c2cccc(C3CCC(=O)NC3=O)c2)CC1.O=C(O)C(F)(F)F. The number of rotatable bonds is 3. The zero-order valence-electron chi connectivity index (χ0n) is 16.0. The van der Waals surface area contributed by atoms with Gasteiger partial charge in [-0.15, -0.1) is 0 Å². The minimum Gasteiger partial charge on any atom is -0.475 e. The van der Waals surface area contributed by atoms with Crippen LogP contribution in [0.4, 0.5) is 18.9 Å². The highest BCUT2D eigenvalue weighted by Gasteiger charge is 2.38. The molecule has 2 amide bonds. The Balaban J connectivity index is 0.000000370. The van der Waals surface area contributed by atoms with Gasteiger partial charge in [-0.05, 0) is 44.0 Å². The molecule has 1 unspecified atom stereocenters. The average molecular weight is 415 g/mol. The first-order valence-electron chi connectivity index (χ1n) is 9.27. The number of hydrogen-bond donors (Lipinski definition) is 3. The van der Waals surface area contributed by atoms with E-state index in [0.29, 0.717) is 18.9 Å². The van der Waals surface area contributed by atoms with E-state index < -0.39 is 12.1 Å². The highest BCUT2D eigenvalue weighted by atomic mass is 19.4. The normalized spacial score (nSPS) is 20.6. The van der Waals surface area contributed by atoms with E-state index in [1.165, 1.54) is 5.69 Å². The van der Waals surface area contributed by atoms with Crippen molar-refractivity contribution < 1.29 is 32.7 Å². The predicted octanol–water partition coefficient (Wildman–Crippen LogP) is 2.03. The number of aliphatic carboxylic acids is 1. The van der Waals surface area contributed by atoms with Crippen LogP contribution in [0.2, 0.25) is 0 Å². The van der Waals surface area contributed by atoms with Gasteiger partial charge in [0.1, 0.15) is 0 Å². The summed E-state index contributed by atoms with van der Waals surface area (Å²) in [5.41, 5.74) is 2.19. The van der Waals surface area contributed by atoms with Gasteiger partial charge in [-0.1, -0.05) is 12.1 Å². The molecule has 0 aliphatic carbocycles. The van der Waals surface area contributed by atoms with Crippen molar-refractivity contribution in [3.8, 4) is 0 Å². The second-order valence-corrected chi connectivity index (χ2v) is 6.95. The Bertz CT molecular complexity index is 746. The van der Waals surface area contributed by atoms with Crippen LogP contribution in [0.15, 0.2) is 24.3 Å². The summed E-state index contributed by atoms with van der Waals surface area (Å²) in [6.07, 6.45) is -1.78. The molecule has 29 heavy (non-hydrogen) atoms. The van der Waals surface area contributed by atoms with Crippen LogP contribution in [0.3, 0.4) is 0 Å². The van der Waals surface area contributed by atoms with Crippen molar-refractivity contribution in [2.75, 3.05) is 25.0 Å². The van der Waals surface area contributed by atoms with E-state index in [1.54, 1.807) is 0 Å². The molecule has 0 saturated carbocycles. The minimum atomic E-state index is -5.08. The van der Waals surface area contributed by atoms with Crippen molar-refractivity contribution >= 4 is 23.5 Å². The summed E-state index contributed by atoms with van der Waals surface area (Å²) in [5.74, 6) is -3.28. The fourth-order valence-electron chi connectivity index (χ4n) is 3.38. The van der Waals surface area contributed by atoms with Crippen molar-refractivity contribution in [1.82, 2.24) is 10.6 Å². The smallest absolute Gasteiger partial charge is 0.475 e. The first-order chi connectivity index (χ1) is 13.6. The van der Waals surface area contributed by atoms with E-state index in [0.717, 1.165) is 31.5 Å². The summed E-state index contributed by atoms with van der Waals surface area (Å²) in [6, 6.07) is 8.83. The maximum absolute atomic E-state index is 12.0. The van der Waals surface area contributed by atoms with Crippen LogP contribution in [0.5, 0.6) is 0 Å². The second kappa shape index (κ2) is 9.73. The molecule has 2 fully saturated rings. The van der Waals surface area contributed by atoms with Crippen LogP contribution in [0.1, 0.15) is 37.2 Å². The molecule has 0 aromatic heterocycles. The molecule has 1 aromatic carbocycles. The number of piperidine rings is 2. The van der Waals surface area contributed by atoms with Gasteiger partial charge in [-0.2, -0.15) is 13.2 Å². The molecule has 0 radical (unpaired) electrons. The van der Waals surface area contributed by atoms with Gasteiger partial charge in [0.15, 0.2) is 0 Å². The van der Waals surface area contributed by atoms with Crippen molar-refractivity contribution in [3.05, 3.63) is 29.8 Å². The number of alkyl halides is 3. The number of nitrogens with zero attached hydrogens (tertiary/aromatic N) is 1. The van der Waals surface area contributed by atoms with Gasteiger partial charge in [0.2, 0.25) is 11.8 Å². The largest absolute Gasteiger partial charge is 0.490 e. The first kappa shape index (κ1) is 22.7. The molecule has 160 valence electrons. The number of halogens is 3. The predicted molar refractivity (Wildman–Crippen MR) is 99.6 cm³/mol. The molecule has 2 saturated heterocycles. The van der Waals surface area contributed by atoms with Crippen molar-refractivity contribution in [2.45, 2.75) is 43.8 Å². The molecule has 2 heterocycles. The fourth-order valence-corrected chi connectivity index (χ4v) is 3.38. The lowest BCUT2D eigenvalue weighted by Crippen LogP contribution is -2.41. The van der Waals surface area contributed by atoms with Crippen molar-refractivity contribution in [3.63, 3.8) is 0 Å². The molecule has 0 bridgehead atoms. The van der Waals surface area contributed by atoms with Gasteiger partial charge < -0.3 is 15.3 Å². The van der Waals surface area contributed by atoms with Crippen LogP contribution >= 0.6 is 0 Å². The highest BCUT2D eigenvalue weighted by Crippen LogP contribution is 2.29. The Morgan fingerprint density at radius 2 is 1.83 bits per heavy atom. The second-order valence-electron chi connectivity index (χ2n) is 6.95. The Kier molecular flexibility index (Phi) is 7.60. The molecule has 0 spiro atoms. The van der Waals surface area contributed by atoms with Gasteiger partial charge in [-0.3, -0.25) is 14.9 Å². The lowest BCUT2D eigenvalue weighted by atomic mass is 9.90. The van der Waals surface area contributed by atoms with Crippen molar-refractivity contribution in [2.24, 2.45) is 0 Å². The van der Waals surface area contributed by atoms with E-state index in [1.807, 2.05) is 19.2 Å². The van der Waals surface area contributed by atoms with E-state index in [9.17, 15) is 22.8 Å². The summed E-state index contributed by atoms with van der Waals surface area (Å²) >= 11 is 0. The molecule has 1 atom stereocenters. The molecule has 3 rings (SSSR count). The molecule has 7 nitrogen and oxygen atoms in total. The van der Waals surface area contributed by atoms with Crippen LogP contribution in [-0.2, 0) is 14.4 Å². The van der Waals surface area contributed by atoms with E-state index in [2.05, 4.69) is 27.7 Å². The molecule has 3 N–H and O–H groups in total. The van der Waals surface area contributed by atoms with Crippen LogP contribution < -0.4 is 15.5 Å². The fraction of sp³-hybridized carbons (Fsp3) is 0.526. The number of anilines is 1. The number of amides is 2. The summed E-state index contributed by atoms with van der Waals surface area (Å²) in [7, 11) is 2.02. The zero-order valence-corrected chi connectivity index (χ0v) is 16.0. The third-order valence-electron chi connectivity index (χ3n) is 5.02. The zero-order chi connectivity index (χ0) is 21.6. The van der Waals surface area contributed by atoms with Crippen molar-refractivity contribution in [1.29, 1.82) is 0 Å². The van der Waals surface area contributed by atoms with Gasteiger partial charge >= 0.3 is 12.1 Å². The topological polar surface area (TPSA) is 98.7 Å². The number of benzene rings is 1. The van der Waals surface area contributed by atoms with Crippen LogP contribution in [0, 0.1) is 0 Å². The number of carboxylic acid groups (broad SMARTS) is 1. The third kappa shape index (κ3) is 6.45. The molecule has 2 aliphatic rings. The Morgan fingerprint density at radius 3 is 2.34 bits per heavy atom.